The Hall–Kier alpha value is -2.75. The van der Waals surface area contributed by atoms with Crippen LogP contribution in [0.5, 0.6) is 0 Å². The van der Waals surface area contributed by atoms with Gasteiger partial charge in [0.15, 0.2) is 0 Å². The van der Waals surface area contributed by atoms with E-state index in [0.29, 0.717) is 26.7 Å². The Kier molecular flexibility index (Phi) is 10.00. The second kappa shape index (κ2) is 12.3. The third-order valence-electron chi connectivity index (χ3n) is 4.40. The van der Waals surface area contributed by atoms with E-state index in [1.807, 2.05) is 13.8 Å². The lowest BCUT2D eigenvalue weighted by molar-refractivity contribution is -0.0429. The van der Waals surface area contributed by atoms with Crippen LogP contribution in [-0.4, -0.2) is 19.6 Å². The SMILES string of the molecule is CC.Cc1ccc(NS(=O)(=O)C(F)(F)F)c(/C(=N/OCc2ccc(Cl)c(Cl)c2)c2ccccc2)c1. The number of aryl methyl sites for hydroxylation is 1. The lowest BCUT2D eigenvalue weighted by Gasteiger charge is -2.16. The number of sulfonamides is 1. The molecule has 0 aliphatic rings. The first-order valence-electron chi connectivity index (χ1n) is 10.4. The highest BCUT2D eigenvalue weighted by Gasteiger charge is 2.46. The van der Waals surface area contributed by atoms with Crippen LogP contribution < -0.4 is 4.72 Å². The first kappa shape index (κ1) is 28.5. The van der Waals surface area contributed by atoms with Crippen molar-refractivity contribution >= 4 is 44.6 Å². The molecule has 3 rings (SSSR count). The van der Waals surface area contributed by atoms with Crippen LogP contribution in [0.25, 0.3) is 0 Å². The maximum absolute atomic E-state index is 13.0. The quantitative estimate of drug-likeness (QED) is 0.245. The molecular formula is C24H23Cl2F3N2O3S. The number of hydrogen-bond acceptors (Lipinski definition) is 4. The summed E-state index contributed by atoms with van der Waals surface area (Å²) in [6.45, 7) is 5.70. The normalized spacial score (nSPS) is 11.9. The molecule has 0 saturated carbocycles. The van der Waals surface area contributed by atoms with Crippen LogP contribution in [0.3, 0.4) is 0 Å². The van der Waals surface area contributed by atoms with Crippen molar-refractivity contribution < 1.29 is 26.4 Å². The number of alkyl halides is 3. The molecule has 0 fully saturated rings. The van der Waals surface area contributed by atoms with Gasteiger partial charge in [-0.3, -0.25) is 4.72 Å². The highest BCUT2D eigenvalue weighted by molar-refractivity contribution is 7.93. The first-order chi connectivity index (χ1) is 16.5. The third-order valence-corrected chi connectivity index (χ3v) is 6.23. The Morgan fingerprint density at radius 2 is 1.63 bits per heavy atom. The molecule has 5 nitrogen and oxygen atoms in total. The number of nitrogens with zero attached hydrogens (tertiary/aromatic N) is 1. The van der Waals surface area contributed by atoms with Crippen molar-refractivity contribution in [3.8, 4) is 0 Å². The fourth-order valence-corrected chi connectivity index (χ4v) is 3.70. The summed E-state index contributed by atoms with van der Waals surface area (Å²) in [6, 6.07) is 17.6. The van der Waals surface area contributed by atoms with E-state index < -0.39 is 15.5 Å². The minimum Gasteiger partial charge on any atom is -0.390 e. The van der Waals surface area contributed by atoms with Gasteiger partial charge in [0.05, 0.1) is 15.7 Å². The molecule has 0 radical (unpaired) electrons. The van der Waals surface area contributed by atoms with Gasteiger partial charge in [0.25, 0.3) is 0 Å². The van der Waals surface area contributed by atoms with E-state index >= 15 is 0 Å². The molecule has 0 aliphatic carbocycles. The molecule has 3 aromatic carbocycles. The highest BCUT2D eigenvalue weighted by Crippen LogP contribution is 2.29. The van der Waals surface area contributed by atoms with Crippen LogP contribution in [0, 0.1) is 6.92 Å². The molecule has 1 N–H and O–H groups in total. The van der Waals surface area contributed by atoms with Gasteiger partial charge in [-0.25, -0.2) is 0 Å². The van der Waals surface area contributed by atoms with Crippen molar-refractivity contribution in [3.63, 3.8) is 0 Å². The molecule has 0 heterocycles. The Balaban J connectivity index is 0.00000210. The number of anilines is 1. The van der Waals surface area contributed by atoms with Crippen molar-refractivity contribution in [1.29, 1.82) is 0 Å². The van der Waals surface area contributed by atoms with E-state index in [2.05, 4.69) is 5.16 Å². The van der Waals surface area contributed by atoms with Crippen LogP contribution in [0.15, 0.2) is 71.9 Å². The zero-order valence-corrected chi connectivity index (χ0v) is 21.4. The molecule has 0 aromatic heterocycles. The zero-order valence-electron chi connectivity index (χ0n) is 19.0. The minimum absolute atomic E-state index is 0.0113. The monoisotopic (exact) mass is 546 g/mol. The van der Waals surface area contributed by atoms with E-state index in [1.54, 1.807) is 60.2 Å². The van der Waals surface area contributed by atoms with Gasteiger partial charge in [0.1, 0.15) is 12.3 Å². The number of nitrogens with one attached hydrogen (secondary N) is 1. The van der Waals surface area contributed by atoms with Gasteiger partial charge < -0.3 is 4.84 Å². The maximum Gasteiger partial charge on any atom is 0.516 e. The van der Waals surface area contributed by atoms with Crippen molar-refractivity contribution in [1.82, 2.24) is 0 Å². The van der Waals surface area contributed by atoms with Crippen LogP contribution in [0.4, 0.5) is 18.9 Å². The predicted molar refractivity (Wildman–Crippen MR) is 134 cm³/mol. The van der Waals surface area contributed by atoms with Gasteiger partial charge in [0, 0.05) is 11.1 Å². The lowest BCUT2D eigenvalue weighted by atomic mass is 9.99. The molecule has 3 aromatic rings. The number of halogens is 5. The van der Waals surface area contributed by atoms with E-state index in [1.165, 1.54) is 18.2 Å². The summed E-state index contributed by atoms with van der Waals surface area (Å²) in [7, 11) is -5.65. The summed E-state index contributed by atoms with van der Waals surface area (Å²) in [4.78, 5) is 5.46. The van der Waals surface area contributed by atoms with Gasteiger partial charge in [-0.2, -0.15) is 21.6 Å². The van der Waals surface area contributed by atoms with Crippen molar-refractivity contribution in [2.24, 2.45) is 5.16 Å². The molecule has 0 aliphatic heterocycles. The van der Waals surface area contributed by atoms with Gasteiger partial charge in [0.2, 0.25) is 0 Å². The summed E-state index contributed by atoms with van der Waals surface area (Å²) in [5.74, 6) is 0. The Morgan fingerprint density at radius 3 is 2.23 bits per heavy atom. The van der Waals surface area contributed by atoms with Crippen LogP contribution in [0.1, 0.15) is 36.1 Å². The smallest absolute Gasteiger partial charge is 0.390 e. The number of benzene rings is 3. The number of rotatable bonds is 7. The van der Waals surface area contributed by atoms with Crippen molar-refractivity contribution in [2.45, 2.75) is 32.9 Å². The molecule has 0 spiro atoms. The van der Waals surface area contributed by atoms with Crippen molar-refractivity contribution in [3.05, 3.63) is 99.0 Å². The second-order valence-corrected chi connectivity index (χ2v) is 9.42. The second-order valence-electron chi connectivity index (χ2n) is 6.93. The van der Waals surface area contributed by atoms with Crippen molar-refractivity contribution in [2.75, 3.05) is 4.72 Å². The highest BCUT2D eigenvalue weighted by atomic mass is 35.5. The molecule has 0 amide bonds. The maximum atomic E-state index is 13.0. The molecular weight excluding hydrogens is 524 g/mol. The predicted octanol–water partition coefficient (Wildman–Crippen LogP) is 7.56. The van der Waals surface area contributed by atoms with Crippen LogP contribution >= 0.6 is 23.2 Å². The van der Waals surface area contributed by atoms with Gasteiger partial charge in [-0.1, -0.05) is 90.2 Å². The Morgan fingerprint density at radius 1 is 0.971 bits per heavy atom. The average Bonchev–Trinajstić information content (AvgIpc) is 2.81. The van der Waals surface area contributed by atoms with Gasteiger partial charge in [-0.05, 0) is 36.8 Å². The van der Waals surface area contributed by atoms with Crippen LogP contribution in [-0.2, 0) is 21.5 Å². The average molecular weight is 547 g/mol. The minimum atomic E-state index is -5.65. The largest absolute Gasteiger partial charge is 0.516 e. The molecule has 0 atom stereocenters. The molecule has 0 saturated heterocycles. The lowest BCUT2D eigenvalue weighted by Crippen LogP contribution is -2.30. The van der Waals surface area contributed by atoms with E-state index in [-0.39, 0.29) is 23.6 Å². The van der Waals surface area contributed by atoms with E-state index in [9.17, 15) is 21.6 Å². The molecule has 0 unspecified atom stereocenters. The topological polar surface area (TPSA) is 67.8 Å². The summed E-state index contributed by atoms with van der Waals surface area (Å²) < 4.78 is 64.0. The first-order valence-corrected chi connectivity index (χ1v) is 12.6. The van der Waals surface area contributed by atoms with E-state index in [0.717, 1.165) is 0 Å². The molecule has 35 heavy (non-hydrogen) atoms. The number of oxime groups is 1. The fourth-order valence-electron chi connectivity index (χ4n) is 2.80. The summed E-state index contributed by atoms with van der Waals surface area (Å²) in [5, 5.41) is 4.83. The number of hydrogen-bond donors (Lipinski definition) is 1. The standard InChI is InChI=1S/C22H17Cl2F3N2O3S.C2H6/c1-14-7-10-20(29-33(30,31)22(25,26)27)17(11-14)21(16-5-3-2-4-6-16)28-32-13-15-8-9-18(23)19(24)12-15;1-2/h2-12,29H,13H2,1H3;1-2H3/b28-21+;. The summed E-state index contributed by atoms with van der Waals surface area (Å²) >= 11 is 11.9. The molecule has 11 heteroatoms. The van der Waals surface area contributed by atoms with Gasteiger partial charge in [-0.15, -0.1) is 0 Å². The third kappa shape index (κ3) is 7.62. The van der Waals surface area contributed by atoms with E-state index in [4.69, 9.17) is 28.0 Å². The van der Waals surface area contributed by atoms with Gasteiger partial charge >= 0.3 is 15.5 Å². The zero-order chi connectivity index (χ0) is 26.2. The molecule has 0 bridgehead atoms. The van der Waals surface area contributed by atoms with Crippen LogP contribution in [0.2, 0.25) is 10.0 Å². The Bertz CT molecular complexity index is 1280. The summed E-state index contributed by atoms with van der Waals surface area (Å²) in [6.07, 6.45) is 0. The Labute approximate surface area is 212 Å². The molecule has 188 valence electrons. The summed E-state index contributed by atoms with van der Waals surface area (Å²) in [5.41, 5.74) is -3.69. The fraction of sp³-hybridized carbons (Fsp3) is 0.208.